The predicted octanol–water partition coefficient (Wildman–Crippen LogP) is 18.2. The van der Waals surface area contributed by atoms with E-state index in [0.717, 1.165) is 55.7 Å². The highest BCUT2D eigenvalue weighted by molar-refractivity contribution is 6.09. The van der Waals surface area contributed by atoms with E-state index in [4.69, 9.17) is 4.42 Å². The van der Waals surface area contributed by atoms with Crippen molar-refractivity contribution in [3.05, 3.63) is 261 Å². The molecule has 2 heteroatoms. The fourth-order valence-corrected chi connectivity index (χ4v) is 9.71. The molecular weight excluding hydrogens is 799 g/mol. The number of hydrogen-bond acceptors (Lipinski definition) is 2. The van der Waals surface area contributed by atoms with Crippen LogP contribution in [0, 0.1) is 0 Å². The van der Waals surface area contributed by atoms with Crippen molar-refractivity contribution in [1.82, 2.24) is 0 Å². The summed E-state index contributed by atoms with van der Waals surface area (Å²) in [6.07, 6.45) is 0. The molecule has 0 aliphatic carbocycles. The Morgan fingerprint density at radius 3 is 1.52 bits per heavy atom. The lowest BCUT2D eigenvalue weighted by Crippen LogP contribution is -2.10. The van der Waals surface area contributed by atoms with Crippen LogP contribution in [0.2, 0.25) is 0 Å². The van der Waals surface area contributed by atoms with Gasteiger partial charge in [0.2, 0.25) is 0 Å². The van der Waals surface area contributed by atoms with Crippen LogP contribution in [0.4, 0.5) is 17.1 Å². The highest BCUT2D eigenvalue weighted by Gasteiger charge is 2.20. The van der Waals surface area contributed by atoms with E-state index in [1.807, 2.05) is 12.1 Å². The first-order chi connectivity index (χ1) is 32.7. The van der Waals surface area contributed by atoms with Gasteiger partial charge in [0, 0.05) is 33.4 Å². The van der Waals surface area contributed by atoms with Crippen LogP contribution in [0.5, 0.6) is 0 Å². The van der Waals surface area contributed by atoms with Crippen LogP contribution in [0.3, 0.4) is 0 Å². The molecule has 0 N–H and O–H groups in total. The molecule has 0 aliphatic rings. The zero-order valence-electron chi connectivity index (χ0n) is 36.2. The van der Waals surface area contributed by atoms with Gasteiger partial charge in [-0.3, -0.25) is 0 Å². The second kappa shape index (κ2) is 16.8. The van der Waals surface area contributed by atoms with Crippen LogP contribution in [0.25, 0.3) is 99.5 Å². The summed E-state index contributed by atoms with van der Waals surface area (Å²) in [5.74, 6) is 0. The Labute approximate surface area is 384 Å². The third-order valence-corrected chi connectivity index (χ3v) is 12.9. The summed E-state index contributed by atoms with van der Waals surface area (Å²) < 4.78 is 6.48. The van der Waals surface area contributed by atoms with E-state index < -0.39 is 0 Å². The zero-order chi connectivity index (χ0) is 43.8. The molecule has 0 bridgehead atoms. The van der Waals surface area contributed by atoms with E-state index in [2.05, 4.69) is 254 Å². The minimum Gasteiger partial charge on any atom is -0.455 e. The quantitative estimate of drug-likeness (QED) is 0.144. The number of nitrogens with zero attached hydrogens (tertiary/aromatic N) is 1. The maximum absolute atomic E-state index is 6.48. The van der Waals surface area contributed by atoms with Crippen molar-refractivity contribution in [3.8, 4) is 66.8 Å². The SMILES string of the molecule is c1ccc(-c2ccccc2-c2c(-c3ccccc3)cccc2-c2cccc(N(c3ccc(-c4ccc5ccccc5c4)cc3)c3ccc(-c4cccc5c4oc4ccccc45)cc3)c2)cc1. The van der Waals surface area contributed by atoms with Gasteiger partial charge in [0.25, 0.3) is 0 Å². The fraction of sp³-hybridized carbons (Fsp3) is 0. The normalized spacial score (nSPS) is 11.3. The first-order valence-corrected chi connectivity index (χ1v) is 22.6. The van der Waals surface area contributed by atoms with Crippen LogP contribution in [-0.4, -0.2) is 0 Å². The lowest BCUT2D eigenvalue weighted by atomic mass is 9.84. The summed E-state index contributed by atoms with van der Waals surface area (Å²) in [5.41, 5.74) is 19.0. The average Bonchev–Trinajstić information content (AvgIpc) is 3.79. The maximum Gasteiger partial charge on any atom is 0.143 e. The lowest BCUT2D eigenvalue weighted by Gasteiger charge is -2.27. The van der Waals surface area contributed by atoms with E-state index in [1.165, 1.54) is 60.8 Å². The number of benzene rings is 11. The molecule has 0 aliphatic heterocycles. The zero-order valence-corrected chi connectivity index (χ0v) is 36.2. The Bertz CT molecular complexity index is 3680. The number of hydrogen-bond donors (Lipinski definition) is 0. The lowest BCUT2D eigenvalue weighted by molar-refractivity contribution is 0.670. The molecule has 1 aromatic heterocycles. The first kappa shape index (κ1) is 38.9. The number of fused-ring (bicyclic) bond motifs is 4. The molecule has 12 aromatic rings. The molecule has 0 fully saturated rings. The number of furan rings is 1. The van der Waals surface area contributed by atoms with Gasteiger partial charge in [0.15, 0.2) is 0 Å². The van der Waals surface area contributed by atoms with Crippen molar-refractivity contribution in [2.45, 2.75) is 0 Å². The van der Waals surface area contributed by atoms with Gasteiger partial charge in [-0.15, -0.1) is 0 Å². The summed E-state index contributed by atoms with van der Waals surface area (Å²) >= 11 is 0. The van der Waals surface area contributed by atoms with Crippen molar-refractivity contribution in [3.63, 3.8) is 0 Å². The number of para-hydroxylation sites is 2. The van der Waals surface area contributed by atoms with Crippen molar-refractivity contribution in [1.29, 1.82) is 0 Å². The molecule has 0 radical (unpaired) electrons. The average molecular weight is 842 g/mol. The van der Waals surface area contributed by atoms with Gasteiger partial charge in [-0.2, -0.15) is 0 Å². The van der Waals surface area contributed by atoms with Gasteiger partial charge >= 0.3 is 0 Å². The Hall–Kier alpha value is -8.72. The fourth-order valence-electron chi connectivity index (χ4n) is 9.71. The van der Waals surface area contributed by atoms with Gasteiger partial charge < -0.3 is 9.32 Å². The first-order valence-electron chi connectivity index (χ1n) is 22.6. The summed E-state index contributed by atoms with van der Waals surface area (Å²) in [7, 11) is 0. The molecule has 2 nitrogen and oxygen atoms in total. The van der Waals surface area contributed by atoms with Crippen LogP contribution in [0.15, 0.2) is 265 Å². The van der Waals surface area contributed by atoms with Crippen LogP contribution in [0.1, 0.15) is 0 Å². The van der Waals surface area contributed by atoms with E-state index >= 15 is 0 Å². The van der Waals surface area contributed by atoms with Crippen molar-refractivity contribution in [2.24, 2.45) is 0 Å². The number of anilines is 3. The highest BCUT2D eigenvalue weighted by atomic mass is 16.3. The van der Waals surface area contributed by atoms with E-state index in [1.54, 1.807) is 0 Å². The summed E-state index contributed by atoms with van der Waals surface area (Å²) in [6.45, 7) is 0. The maximum atomic E-state index is 6.48. The molecule has 0 saturated heterocycles. The molecular formula is C64H43NO. The molecule has 1 heterocycles. The van der Waals surface area contributed by atoms with Gasteiger partial charge in [-0.25, -0.2) is 0 Å². The molecule has 12 rings (SSSR count). The summed E-state index contributed by atoms with van der Waals surface area (Å²) in [4.78, 5) is 2.37. The number of rotatable bonds is 9. The second-order valence-electron chi connectivity index (χ2n) is 16.8. The van der Waals surface area contributed by atoms with Gasteiger partial charge in [0.05, 0.1) is 0 Å². The highest BCUT2D eigenvalue weighted by Crippen LogP contribution is 2.46. The Morgan fingerprint density at radius 2 is 0.758 bits per heavy atom. The van der Waals surface area contributed by atoms with Crippen molar-refractivity contribution >= 4 is 49.8 Å². The molecule has 310 valence electrons. The monoisotopic (exact) mass is 841 g/mol. The van der Waals surface area contributed by atoms with Gasteiger partial charge in [0.1, 0.15) is 11.2 Å². The Kier molecular flexibility index (Phi) is 9.89. The van der Waals surface area contributed by atoms with Crippen molar-refractivity contribution in [2.75, 3.05) is 4.90 Å². The molecule has 0 amide bonds. The van der Waals surface area contributed by atoms with Crippen LogP contribution < -0.4 is 4.90 Å². The Morgan fingerprint density at radius 1 is 0.258 bits per heavy atom. The third kappa shape index (κ3) is 7.12. The van der Waals surface area contributed by atoms with Crippen molar-refractivity contribution < 1.29 is 4.42 Å². The summed E-state index contributed by atoms with van der Waals surface area (Å²) in [6, 6.07) is 93.9. The third-order valence-electron chi connectivity index (χ3n) is 12.9. The molecule has 0 spiro atoms. The molecule has 0 saturated carbocycles. The molecule has 66 heavy (non-hydrogen) atoms. The minimum atomic E-state index is 0.899. The Balaban J connectivity index is 1.01. The standard InChI is InChI=1S/C64H43NO/c1-3-17-46(18-4-1)55-24-9-10-26-60(55)63-56(47-19-5-2-6-20-47)27-14-28-57(63)51-22-13-23-54(43-51)65(52-38-34-45(35-39-52)50-33-32-44-16-7-8-21-49(44)42-50)53-40-36-48(37-41-53)58-29-15-30-61-59-25-11-12-31-62(59)66-64(58)61/h1-43H. The van der Waals surface area contributed by atoms with E-state index in [-0.39, 0.29) is 0 Å². The van der Waals surface area contributed by atoms with Crippen LogP contribution >= 0.6 is 0 Å². The van der Waals surface area contributed by atoms with E-state index in [9.17, 15) is 0 Å². The summed E-state index contributed by atoms with van der Waals surface area (Å²) in [5, 5.41) is 4.73. The molecule has 0 atom stereocenters. The minimum absolute atomic E-state index is 0.899. The largest absolute Gasteiger partial charge is 0.455 e. The second-order valence-corrected chi connectivity index (χ2v) is 16.8. The smallest absolute Gasteiger partial charge is 0.143 e. The van der Waals surface area contributed by atoms with Gasteiger partial charge in [-0.1, -0.05) is 212 Å². The molecule has 11 aromatic carbocycles. The van der Waals surface area contributed by atoms with Gasteiger partial charge in [-0.05, 0) is 121 Å². The predicted molar refractivity (Wildman–Crippen MR) is 279 cm³/mol. The molecule has 0 unspecified atom stereocenters. The topological polar surface area (TPSA) is 16.4 Å². The van der Waals surface area contributed by atoms with Crippen LogP contribution in [-0.2, 0) is 0 Å². The van der Waals surface area contributed by atoms with E-state index in [0.29, 0.717) is 0 Å².